The zero-order valence-electron chi connectivity index (χ0n) is 16.8. The molecule has 3 aromatic rings. The van der Waals surface area contributed by atoms with Crippen molar-refractivity contribution in [3.63, 3.8) is 0 Å². The second-order valence-corrected chi connectivity index (χ2v) is 9.52. The Morgan fingerprint density at radius 3 is 2.67 bits per heavy atom. The molecule has 5 rings (SSSR count). The number of carbonyl (C=O) groups excluding carboxylic acids is 1. The van der Waals surface area contributed by atoms with E-state index in [-0.39, 0.29) is 5.92 Å². The molecule has 4 heterocycles. The van der Waals surface area contributed by atoms with Gasteiger partial charge in [-0.1, -0.05) is 0 Å². The van der Waals surface area contributed by atoms with E-state index in [1.54, 1.807) is 17.5 Å². The van der Waals surface area contributed by atoms with Crippen molar-refractivity contribution in [3.05, 3.63) is 41.9 Å². The first-order valence-corrected chi connectivity index (χ1v) is 11.5. The van der Waals surface area contributed by atoms with Gasteiger partial charge in [0, 0.05) is 61.0 Å². The molecule has 1 aliphatic carbocycles. The molecule has 1 saturated heterocycles. The van der Waals surface area contributed by atoms with Crippen molar-refractivity contribution in [2.24, 2.45) is 11.8 Å². The van der Waals surface area contributed by atoms with Crippen LogP contribution in [0.2, 0.25) is 0 Å². The standard InChI is InChI=1S/C23H25FN4OS/c24-19-12-28(13-19)11-15-1-3-16(4-2-15)22(29)7-20-6-17-5-18(23-10-25-14-30-23)8-27-21(17)9-26-20/h5-6,8-10,14-16,19H,1-4,7,11-13H2. The lowest BCUT2D eigenvalue weighted by Crippen LogP contribution is -2.50. The second kappa shape index (κ2) is 8.47. The van der Waals surface area contributed by atoms with Gasteiger partial charge in [-0.2, -0.15) is 0 Å². The summed E-state index contributed by atoms with van der Waals surface area (Å²) >= 11 is 1.58. The van der Waals surface area contributed by atoms with Gasteiger partial charge in [0.2, 0.25) is 0 Å². The number of hydrogen-bond acceptors (Lipinski definition) is 6. The Bertz CT molecular complexity index is 1030. The van der Waals surface area contributed by atoms with E-state index in [1.807, 2.05) is 24.0 Å². The lowest BCUT2D eigenvalue weighted by Gasteiger charge is -2.38. The van der Waals surface area contributed by atoms with Crippen LogP contribution in [0.15, 0.2) is 36.2 Å². The number of fused-ring (bicyclic) bond motifs is 1. The lowest BCUT2D eigenvalue weighted by molar-refractivity contribution is -0.123. The number of thiazole rings is 1. The van der Waals surface area contributed by atoms with Crippen molar-refractivity contribution in [1.82, 2.24) is 19.9 Å². The van der Waals surface area contributed by atoms with E-state index >= 15 is 0 Å². The molecule has 0 unspecified atom stereocenters. The van der Waals surface area contributed by atoms with Crippen LogP contribution in [0, 0.1) is 11.8 Å². The summed E-state index contributed by atoms with van der Waals surface area (Å²) in [4.78, 5) is 29.3. The minimum Gasteiger partial charge on any atom is -0.299 e. The smallest absolute Gasteiger partial charge is 0.141 e. The predicted molar refractivity (Wildman–Crippen MR) is 116 cm³/mol. The quantitative estimate of drug-likeness (QED) is 0.590. The molecule has 1 aliphatic heterocycles. The molecule has 2 aliphatic rings. The van der Waals surface area contributed by atoms with Crippen LogP contribution in [0.3, 0.4) is 0 Å². The molecular weight excluding hydrogens is 399 g/mol. The summed E-state index contributed by atoms with van der Waals surface area (Å²) in [5, 5.41) is 1.00. The summed E-state index contributed by atoms with van der Waals surface area (Å²) in [5.41, 5.74) is 4.49. The van der Waals surface area contributed by atoms with E-state index in [0.29, 0.717) is 31.2 Å². The maximum Gasteiger partial charge on any atom is 0.141 e. The van der Waals surface area contributed by atoms with Gasteiger partial charge in [-0.05, 0) is 43.7 Å². The van der Waals surface area contributed by atoms with Crippen molar-refractivity contribution in [2.45, 2.75) is 38.3 Å². The maximum atomic E-state index is 13.0. The molecule has 0 spiro atoms. The van der Waals surface area contributed by atoms with Crippen LogP contribution in [0.5, 0.6) is 0 Å². The summed E-state index contributed by atoms with van der Waals surface area (Å²) in [5.74, 6) is 1.03. The molecule has 0 atom stereocenters. The van der Waals surface area contributed by atoms with Crippen molar-refractivity contribution >= 4 is 28.0 Å². The third kappa shape index (κ3) is 4.27. The number of hydrogen-bond donors (Lipinski definition) is 0. The van der Waals surface area contributed by atoms with Crippen LogP contribution >= 0.6 is 11.3 Å². The number of carbonyl (C=O) groups is 1. The lowest BCUT2D eigenvalue weighted by atomic mass is 9.78. The molecule has 156 valence electrons. The molecule has 2 fully saturated rings. The Balaban J connectivity index is 1.20. The minimum absolute atomic E-state index is 0.130. The highest BCUT2D eigenvalue weighted by Crippen LogP contribution is 2.32. The van der Waals surface area contributed by atoms with Crippen LogP contribution in [0.25, 0.3) is 21.3 Å². The Kier molecular flexibility index (Phi) is 5.56. The van der Waals surface area contributed by atoms with Gasteiger partial charge in [0.05, 0.1) is 22.1 Å². The number of aromatic nitrogens is 3. The fourth-order valence-electron chi connectivity index (χ4n) is 4.68. The van der Waals surface area contributed by atoms with E-state index in [1.165, 1.54) is 0 Å². The minimum atomic E-state index is -0.634. The van der Waals surface area contributed by atoms with Crippen molar-refractivity contribution < 1.29 is 9.18 Å². The monoisotopic (exact) mass is 424 g/mol. The first-order valence-electron chi connectivity index (χ1n) is 10.7. The number of nitrogens with zero attached hydrogens (tertiary/aromatic N) is 4. The average molecular weight is 425 g/mol. The van der Waals surface area contributed by atoms with Crippen LogP contribution in [-0.4, -0.2) is 51.4 Å². The van der Waals surface area contributed by atoms with E-state index in [4.69, 9.17) is 0 Å². The highest BCUT2D eigenvalue weighted by Gasteiger charge is 2.31. The summed E-state index contributed by atoms with van der Waals surface area (Å²) in [6.07, 6.45) is 9.21. The number of rotatable bonds is 6. The molecule has 3 aromatic heterocycles. The normalized spacial score (nSPS) is 22.8. The van der Waals surface area contributed by atoms with E-state index in [9.17, 15) is 9.18 Å². The van der Waals surface area contributed by atoms with Gasteiger partial charge in [-0.25, -0.2) is 4.39 Å². The number of Topliss-reactive ketones (excluding diaryl/α,β-unsaturated/α-hetero) is 1. The highest BCUT2D eigenvalue weighted by atomic mass is 32.1. The predicted octanol–water partition coefficient (Wildman–Crippen LogP) is 4.33. The first kappa shape index (κ1) is 19.7. The van der Waals surface area contributed by atoms with Gasteiger partial charge in [0.1, 0.15) is 12.0 Å². The molecule has 0 bridgehead atoms. The number of likely N-dealkylation sites (tertiary alicyclic amines) is 1. The third-order valence-electron chi connectivity index (χ3n) is 6.43. The Morgan fingerprint density at radius 1 is 1.10 bits per heavy atom. The Labute approximate surface area is 179 Å². The fourth-order valence-corrected chi connectivity index (χ4v) is 5.28. The molecular formula is C23H25FN4OS. The largest absolute Gasteiger partial charge is 0.299 e. The number of halogens is 1. The zero-order valence-corrected chi connectivity index (χ0v) is 17.7. The molecule has 30 heavy (non-hydrogen) atoms. The molecule has 5 nitrogen and oxygen atoms in total. The maximum absolute atomic E-state index is 13.0. The van der Waals surface area contributed by atoms with Gasteiger partial charge in [0.15, 0.2) is 0 Å². The van der Waals surface area contributed by atoms with Gasteiger partial charge in [-0.3, -0.25) is 24.6 Å². The average Bonchev–Trinajstić information content (AvgIpc) is 3.27. The second-order valence-electron chi connectivity index (χ2n) is 8.63. The van der Waals surface area contributed by atoms with Crippen molar-refractivity contribution in [2.75, 3.05) is 19.6 Å². The number of ketones is 1. The molecule has 1 saturated carbocycles. The molecule has 7 heteroatoms. The Hall–Kier alpha value is -2.25. The zero-order chi connectivity index (χ0) is 20.5. The van der Waals surface area contributed by atoms with Gasteiger partial charge >= 0.3 is 0 Å². The van der Waals surface area contributed by atoms with Crippen LogP contribution in [0.4, 0.5) is 4.39 Å². The SMILES string of the molecule is O=C(Cc1cc2cc(-c3cncs3)cnc2cn1)C1CCC(CN2CC(F)C2)CC1. The van der Waals surface area contributed by atoms with Crippen molar-refractivity contribution in [3.8, 4) is 10.4 Å². The topological polar surface area (TPSA) is 59.0 Å². The van der Waals surface area contributed by atoms with Crippen LogP contribution in [-0.2, 0) is 11.2 Å². The Morgan fingerprint density at radius 2 is 1.93 bits per heavy atom. The molecule has 0 N–H and O–H groups in total. The van der Waals surface area contributed by atoms with Gasteiger partial charge in [0.25, 0.3) is 0 Å². The number of alkyl halides is 1. The summed E-state index contributed by atoms with van der Waals surface area (Å²) < 4.78 is 13.0. The van der Waals surface area contributed by atoms with E-state index < -0.39 is 6.17 Å². The molecule has 0 aromatic carbocycles. The van der Waals surface area contributed by atoms with Crippen LogP contribution in [0.1, 0.15) is 31.4 Å². The third-order valence-corrected chi connectivity index (χ3v) is 7.25. The van der Waals surface area contributed by atoms with Crippen molar-refractivity contribution in [1.29, 1.82) is 0 Å². The fraction of sp³-hybridized carbons (Fsp3) is 0.478. The van der Waals surface area contributed by atoms with Crippen LogP contribution < -0.4 is 0 Å². The molecule has 0 amide bonds. The summed E-state index contributed by atoms with van der Waals surface area (Å²) in [7, 11) is 0. The molecule has 0 radical (unpaired) electrons. The highest BCUT2D eigenvalue weighted by molar-refractivity contribution is 7.13. The van der Waals surface area contributed by atoms with E-state index in [0.717, 1.165) is 59.3 Å². The summed E-state index contributed by atoms with van der Waals surface area (Å²) in [6.45, 7) is 2.17. The number of pyridine rings is 2. The summed E-state index contributed by atoms with van der Waals surface area (Å²) in [6, 6.07) is 4.09. The first-order chi connectivity index (χ1) is 14.6. The van der Waals surface area contributed by atoms with E-state index in [2.05, 4.69) is 25.9 Å². The van der Waals surface area contributed by atoms with Gasteiger partial charge in [-0.15, -0.1) is 11.3 Å². The van der Waals surface area contributed by atoms with Gasteiger partial charge < -0.3 is 0 Å².